The van der Waals surface area contributed by atoms with Crippen molar-refractivity contribution in [3.8, 4) is 5.69 Å². The van der Waals surface area contributed by atoms with Crippen LogP contribution in [0.25, 0.3) is 5.69 Å². The number of hydrogen-bond acceptors (Lipinski definition) is 3. The van der Waals surface area contributed by atoms with Crippen molar-refractivity contribution in [2.45, 2.75) is 51.6 Å². The van der Waals surface area contributed by atoms with Crippen LogP contribution in [0.4, 0.5) is 4.39 Å². The molecule has 1 unspecified atom stereocenters. The Labute approximate surface area is 146 Å². The van der Waals surface area contributed by atoms with Crippen molar-refractivity contribution in [2.75, 3.05) is 6.54 Å². The molecule has 1 heterocycles. The zero-order chi connectivity index (χ0) is 17.8. The third kappa shape index (κ3) is 3.90. The van der Waals surface area contributed by atoms with Gasteiger partial charge in [-0.15, -0.1) is 0 Å². The van der Waals surface area contributed by atoms with Gasteiger partial charge in [0.2, 0.25) is 0 Å². The van der Waals surface area contributed by atoms with Gasteiger partial charge in [-0.1, -0.05) is 13.3 Å². The van der Waals surface area contributed by atoms with E-state index in [4.69, 9.17) is 0 Å². The van der Waals surface area contributed by atoms with Crippen LogP contribution in [0.1, 0.15) is 54.4 Å². The van der Waals surface area contributed by atoms with E-state index < -0.39 is 6.10 Å². The molecule has 1 amide bonds. The summed E-state index contributed by atoms with van der Waals surface area (Å²) in [5, 5.41) is 17.1. The first kappa shape index (κ1) is 17.6. The fourth-order valence-electron chi connectivity index (χ4n) is 3.31. The van der Waals surface area contributed by atoms with Gasteiger partial charge in [0.25, 0.3) is 5.91 Å². The van der Waals surface area contributed by atoms with Gasteiger partial charge in [-0.05, 0) is 56.4 Å². The summed E-state index contributed by atoms with van der Waals surface area (Å²) in [6, 6.07) is 6.13. The molecule has 1 aromatic carbocycles. The van der Waals surface area contributed by atoms with Crippen molar-refractivity contribution in [3.05, 3.63) is 47.0 Å². The lowest BCUT2D eigenvalue weighted by molar-refractivity contribution is 0.0904. The van der Waals surface area contributed by atoms with Crippen LogP contribution in [-0.4, -0.2) is 33.4 Å². The Morgan fingerprint density at radius 3 is 2.76 bits per heavy atom. The SMILES string of the molecule is CCCC(O)CNC(=O)c1nn(-c2ccc(F)cc2)c2c1CCCC2. The Morgan fingerprint density at radius 1 is 1.32 bits per heavy atom. The van der Waals surface area contributed by atoms with Crippen molar-refractivity contribution in [2.24, 2.45) is 0 Å². The van der Waals surface area contributed by atoms with Crippen LogP contribution in [0.3, 0.4) is 0 Å². The molecule has 0 aliphatic heterocycles. The minimum atomic E-state index is -0.538. The van der Waals surface area contributed by atoms with Crippen LogP contribution in [0, 0.1) is 5.82 Å². The van der Waals surface area contributed by atoms with Gasteiger partial charge < -0.3 is 10.4 Å². The van der Waals surface area contributed by atoms with Gasteiger partial charge in [0.05, 0.1) is 11.8 Å². The molecule has 134 valence electrons. The lowest BCUT2D eigenvalue weighted by Crippen LogP contribution is -2.32. The highest BCUT2D eigenvalue weighted by molar-refractivity contribution is 5.94. The molecule has 0 spiro atoms. The number of aromatic nitrogens is 2. The van der Waals surface area contributed by atoms with E-state index in [2.05, 4.69) is 10.4 Å². The Morgan fingerprint density at radius 2 is 2.04 bits per heavy atom. The number of aliphatic hydroxyl groups is 1. The first-order valence-corrected chi connectivity index (χ1v) is 8.93. The highest BCUT2D eigenvalue weighted by atomic mass is 19.1. The lowest BCUT2D eigenvalue weighted by Gasteiger charge is -2.14. The topological polar surface area (TPSA) is 67.2 Å². The molecule has 1 aromatic heterocycles. The first-order chi connectivity index (χ1) is 12.1. The molecule has 0 fully saturated rings. The number of halogens is 1. The molecule has 0 radical (unpaired) electrons. The van der Waals surface area contributed by atoms with Gasteiger partial charge in [0.1, 0.15) is 5.82 Å². The maximum atomic E-state index is 13.2. The van der Waals surface area contributed by atoms with E-state index in [1.54, 1.807) is 16.8 Å². The Kier molecular flexibility index (Phi) is 5.48. The number of aliphatic hydroxyl groups excluding tert-OH is 1. The number of amides is 1. The Bertz CT molecular complexity index is 740. The lowest BCUT2D eigenvalue weighted by atomic mass is 9.95. The van der Waals surface area contributed by atoms with Crippen molar-refractivity contribution in [1.82, 2.24) is 15.1 Å². The van der Waals surface area contributed by atoms with Crippen LogP contribution in [0.15, 0.2) is 24.3 Å². The Balaban J connectivity index is 1.87. The maximum Gasteiger partial charge on any atom is 0.272 e. The fourth-order valence-corrected chi connectivity index (χ4v) is 3.31. The van der Waals surface area contributed by atoms with Gasteiger partial charge in [0, 0.05) is 17.8 Å². The number of carbonyl (C=O) groups is 1. The standard InChI is InChI=1S/C19H24FN3O2/c1-2-5-15(24)12-21-19(25)18-16-6-3-4-7-17(16)23(22-18)14-10-8-13(20)9-11-14/h8-11,15,24H,2-7,12H2,1H3,(H,21,25). The van der Waals surface area contributed by atoms with Gasteiger partial charge >= 0.3 is 0 Å². The van der Waals surface area contributed by atoms with E-state index in [0.717, 1.165) is 49.0 Å². The summed E-state index contributed by atoms with van der Waals surface area (Å²) in [5.74, 6) is -0.554. The van der Waals surface area contributed by atoms with E-state index in [-0.39, 0.29) is 18.3 Å². The van der Waals surface area contributed by atoms with E-state index >= 15 is 0 Å². The predicted octanol–water partition coefficient (Wildman–Crippen LogP) is 2.78. The number of rotatable bonds is 6. The molecule has 2 aromatic rings. The van der Waals surface area contributed by atoms with E-state index in [0.29, 0.717) is 12.1 Å². The summed E-state index contributed by atoms with van der Waals surface area (Å²) in [7, 11) is 0. The summed E-state index contributed by atoms with van der Waals surface area (Å²) < 4.78 is 15.0. The van der Waals surface area contributed by atoms with Crippen molar-refractivity contribution >= 4 is 5.91 Å². The highest BCUT2D eigenvalue weighted by Crippen LogP contribution is 2.27. The average molecular weight is 345 g/mol. The van der Waals surface area contributed by atoms with Crippen LogP contribution < -0.4 is 5.32 Å². The number of nitrogens with one attached hydrogen (secondary N) is 1. The molecule has 2 N–H and O–H groups in total. The summed E-state index contributed by atoms with van der Waals surface area (Å²) in [6.45, 7) is 2.22. The predicted molar refractivity (Wildman–Crippen MR) is 93.4 cm³/mol. The number of benzene rings is 1. The number of nitrogens with zero attached hydrogens (tertiary/aromatic N) is 2. The van der Waals surface area contributed by atoms with E-state index in [9.17, 15) is 14.3 Å². The van der Waals surface area contributed by atoms with Crippen LogP contribution >= 0.6 is 0 Å². The summed E-state index contributed by atoms with van der Waals surface area (Å²) in [6.07, 6.45) is 4.73. The second kappa shape index (κ2) is 7.78. The van der Waals surface area contributed by atoms with Crippen molar-refractivity contribution < 1.29 is 14.3 Å². The molecular formula is C19H24FN3O2. The minimum Gasteiger partial charge on any atom is -0.391 e. The van der Waals surface area contributed by atoms with E-state index in [1.807, 2.05) is 6.92 Å². The third-order valence-electron chi connectivity index (χ3n) is 4.59. The zero-order valence-corrected chi connectivity index (χ0v) is 14.5. The van der Waals surface area contributed by atoms with E-state index in [1.165, 1.54) is 12.1 Å². The van der Waals surface area contributed by atoms with Crippen molar-refractivity contribution in [3.63, 3.8) is 0 Å². The smallest absolute Gasteiger partial charge is 0.272 e. The molecule has 1 atom stereocenters. The molecule has 0 saturated carbocycles. The molecular weight excluding hydrogens is 321 g/mol. The summed E-state index contributed by atoms with van der Waals surface area (Å²) in [4.78, 5) is 12.6. The molecule has 3 rings (SSSR count). The average Bonchev–Trinajstić information content (AvgIpc) is 3.00. The summed E-state index contributed by atoms with van der Waals surface area (Å²) >= 11 is 0. The molecule has 6 heteroatoms. The molecule has 0 saturated heterocycles. The third-order valence-corrected chi connectivity index (χ3v) is 4.59. The molecule has 0 bridgehead atoms. The number of hydrogen-bond donors (Lipinski definition) is 2. The maximum absolute atomic E-state index is 13.2. The monoisotopic (exact) mass is 345 g/mol. The fraction of sp³-hybridized carbons (Fsp3) is 0.474. The van der Waals surface area contributed by atoms with Gasteiger partial charge in [-0.3, -0.25) is 4.79 Å². The number of fused-ring (bicyclic) bond motifs is 1. The Hall–Kier alpha value is -2.21. The first-order valence-electron chi connectivity index (χ1n) is 8.93. The highest BCUT2D eigenvalue weighted by Gasteiger charge is 2.25. The van der Waals surface area contributed by atoms with Crippen LogP contribution in [-0.2, 0) is 12.8 Å². The summed E-state index contributed by atoms with van der Waals surface area (Å²) in [5.41, 5.74) is 3.17. The van der Waals surface area contributed by atoms with Crippen molar-refractivity contribution in [1.29, 1.82) is 0 Å². The van der Waals surface area contributed by atoms with Crippen LogP contribution in [0.2, 0.25) is 0 Å². The molecule has 1 aliphatic carbocycles. The molecule has 5 nitrogen and oxygen atoms in total. The largest absolute Gasteiger partial charge is 0.391 e. The molecule has 1 aliphatic rings. The second-order valence-corrected chi connectivity index (χ2v) is 6.52. The van der Waals surface area contributed by atoms with Gasteiger partial charge in [-0.2, -0.15) is 5.10 Å². The van der Waals surface area contributed by atoms with Gasteiger partial charge in [-0.25, -0.2) is 9.07 Å². The normalized spacial score (nSPS) is 14.8. The van der Waals surface area contributed by atoms with Crippen LogP contribution in [0.5, 0.6) is 0 Å². The quantitative estimate of drug-likeness (QED) is 0.846. The zero-order valence-electron chi connectivity index (χ0n) is 14.5. The van der Waals surface area contributed by atoms with Gasteiger partial charge in [0.15, 0.2) is 5.69 Å². The number of carbonyl (C=O) groups excluding carboxylic acids is 1. The molecule has 25 heavy (non-hydrogen) atoms. The minimum absolute atomic E-state index is 0.227. The second-order valence-electron chi connectivity index (χ2n) is 6.52.